The van der Waals surface area contributed by atoms with Crippen molar-refractivity contribution < 1.29 is 66.4 Å². The molecule has 0 heterocycles. The molecule has 0 spiro atoms. The first-order chi connectivity index (χ1) is 13.0. The monoisotopic (exact) mass is 416 g/mol. The first-order valence-corrected chi connectivity index (χ1v) is 5.81. The average Bonchev–Trinajstić information content (AvgIpc) is 2.90. The molecule has 13 nitrogen and oxygen atoms in total. The van der Waals surface area contributed by atoms with Crippen molar-refractivity contribution in [1.82, 2.24) is 0 Å². The smallest absolute Gasteiger partial charge is 0.0319 e. The van der Waals surface area contributed by atoms with Crippen LogP contribution in [-0.4, -0.2) is 159 Å². The van der Waals surface area contributed by atoms with Gasteiger partial charge in [-0.05, 0) is 0 Å². The van der Waals surface area contributed by atoms with Crippen molar-refractivity contribution in [3.8, 4) is 0 Å². The Bertz CT molecular complexity index is 26.0. The summed E-state index contributed by atoms with van der Waals surface area (Å²) in [5, 5.41) is 91.0. The van der Waals surface area contributed by atoms with E-state index in [1.807, 2.05) is 0 Å². The molecule has 13 heteroatoms. The van der Waals surface area contributed by atoms with E-state index in [0.29, 0.717) is 0 Å². The minimum absolute atomic E-state index is 1.00. The molecule has 0 aliphatic rings. The molecule has 0 unspecified atom stereocenters. The minimum atomic E-state index is 1.00. The van der Waals surface area contributed by atoms with Crippen molar-refractivity contribution in [2.24, 2.45) is 0 Å². The second kappa shape index (κ2) is 49900. The van der Waals surface area contributed by atoms with Crippen molar-refractivity contribution in [2.45, 2.75) is 0 Å². The van der Waals surface area contributed by atoms with Gasteiger partial charge in [-0.2, -0.15) is 0 Å². The van der Waals surface area contributed by atoms with E-state index in [1.54, 1.807) is 0 Å². The maximum absolute atomic E-state index is 7.00. The number of rotatable bonds is 0. The van der Waals surface area contributed by atoms with Gasteiger partial charge in [-0.25, -0.2) is 0 Å². The fraction of sp³-hybridized carbons (Fsp3) is 1.00. The van der Waals surface area contributed by atoms with Crippen LogP contribution in [0.5, 0.6) is 0 Å². The first-order valence-electron chi connectivity index (χ1n) is 5.81. The lowest BCUT2D eigenvalue weighted by Crippen LogP contribution is -1.25. The fourth-order valence-corrected chi connectivity index (χ4v) is 0. The van der Waals surface area contributed by atoms with Crippen LogP contribution < -0.4 is 0 Å². The van der Waals surface area contributed by atoms with Gasteiger partial charge in [-0.1, -0.05) is 0 Å². The van der Waals surface area contributed by atoms with Gasteiger partial charge in [-0.3, -0.25) is 0 Å². The average molecular weight is 417 g/mol. The highest BCUT2D eigenvalue weighted by molar-refractivity contribution is 3.20. The molecule has 0 saturated heterocycles. The van der Waals surface area contributed by atoms with E-state index >= 15 is 0 Å². The summed E-state index contributed by atoms with van der Waals surface area (Å²) in [7, 11) is 13.0. The molecule has 26 heavy (non-hydrogen) atoms. The van der Waals surface area contributed by atoms with Crippen LogP contribution in [0.15, 0.2) is 0 Å². The van der Waals surface area contributed by atoms with Crippen molar-refractivity contribution in [3.63, 3.8) is 0 Å². The molecule has 0 aromatic carbocycles. The molecule has 0 fully saturated rings. The van der Waals surface area contributed by atoms with Crippen LogP contribution in [0.2, 0.25) is 0 Å². The van der Waals surface area contributed by atoms with Crippen molar-refractivity contribution in [1.29, 1.82) is 0 Å². The fourth-order valence-electron chi connectivity index (χ4n) is 0. The van der Waals surface area contributed by atoms with Gasteiger partial charge in [0, 0.05) is 92.4 Å². The third-order valence-electron chi connectivity index (χ3n) is 0. The highest BCUT2D eigenvalue weighted by Crippen LogP contribution is 0.779. The zero-order valence-electron chi connectivity index (χ0n) is 18.8. The second-order valence-electron chi connectivity index (χ2n) is 0. The van der Waals surface area contributed by atoms with Crippen LogP contribution in [0, 0.1) is 0 Å². The molecule has 0 radical (unpaired) electrons. The summed E-state index contributed by atoms with van der Waals surface area (Å²) in [6.07, 6.45) is 0. The van der Waals surface area contributed by atoms with Crippen LogP contribution in [-0.2, 0) is 0 Å². The zero-order chi connectivity index (χ0) is 26.0. The summed E-state index contributed by atoms with van der Waals surface area (Å²) in [4.78, 5) is 0. The largest absolute Gasteiger partial charge is 0.400 e. The van der Waals surface area contributed by atoms with Crippen LogP contribution >= 0.6 is 0 Å². The lowest BCUT2D eigenvalue weighted by Gasteiger charge is -1.21. The lowest BCUT2D eigenvalue weighted by molar-refractivity contribution is 0.399. The van der Waals surface area contributed by atoms with E-state index < -0.39 is 0 Å². The van der Waals surface area contributed by atoms with E-state index in [0.717, 1.165) is 92.4 Å². The van der Waals surface area contributed by atoms with Gasteiger partial charge in [0.25, 0.3) is 0 Å². The van der Waals surface area contributed by atoms with E-state index in [4.69, 9.17) is 66.4 Å². The summed E-state index contributed by atoms with van der Waals surface area (Å²) in [6.45, 7) is 0. The molecule has 0 aromatic rings. The van der Waals surface area contributed by atoms with Gasteiger partial charge in [0.15, 0.2) is 0 Å². The Morgan fingerprint density at radius 1 is 0.115 bits per heavy atom. The number of hydrogen-bond donors (Lipinski definition) is 13. The van der Waals surface area contributed by atoms with E-state index in [2.05, 4.69) is 0 Å². The van der Waals surface area contributed by atoms with Crippen LogP contribution in [0.4, 0.5) is 0 Å². The molecular weight excluding hydrogens is 364 g/mol. The predicted molar refractivity (Wildman–Crippen MR) is 106 cm³/mol. The van der Waals surface area contributed by atoms with Crippen molar-refractivity contribution in [3.05, 3.63) is 0 Å². The highest BCUT2D eigenvalue weighted by Gasteiger charge is 0.863. The molecule has 0 aliphatic heterocycles. The Kier molecular flexibility index (Phi) is 188000. The molecule has 0 aliphatic carbocycles. The second-order valence-corrected chi connectivity index (χ2v) is 0. The van der Waals surface area contributed by atoms with Crippen LogP contribution in [0.1, 0.15) is 0 Å². The van der Waals surface area contributed by atoms with Crippen LogP contribution in [0.3, 0.4) is 0 Å². The molecule has 13 N–H and O–H groups in total. The van der Waals surface area contributed by atoms with Gasteiger partial charge in [-0.15, -0.1) is 0 Å². The molecule has 0 amide bonds. The van der Waals surface area contributed by atoms with E-state index in [-0.39, 0.29) is 0 Å². The molecule has 0 bridgehead atoms. The summed E-state index contributed by atoms with van der Waals surface area (Å²) >= 11 is 0. The standard InChI is InChI=1S/13CH4O/c13*1-2/h13*2H,1H3. The Labute approximate surface area is 160 Å². The van der Waals surface area contributed by atoms with E-state index in [1.165, 1.54) is 0 Å². The summed E-state index contributed by atoms with van der Waals surface area (Å²) < 4.78 is 0. The third kappa shape index (κ3) is 43900. The Morgan fingerprint density at radius 2 is 0.115 bits per heavy atom. The molecule has 0 atom stereocenters. The zero-order valence-corrected chi connectivity index (χ0v) is 18.8. The van der Waals surface area contributed by atoms with Gasteiger partial charge < -0.3 is 66.4 Å². The summed E-state index contributed by atoms with van der Waals surface area (Å²) in [6, 6.07) is 0. The highest BCUT2D eigenvalue weighted by atomic mass is 16.3. The predicted octanol–water partition coefficient (Wildman–Crippen LogP) is -5.09. The summed E-state index contributed by atoms with van der Waals surface area (Å²) in [5.74, 6) is 0. The first kappa shape index (κ1) is 98.0. The Morgan fingerprint density at radius 3 is 0.115 bits per heavy atom. The minimum Gasteiger partial charge on any atom is -0.400 e. The number of aliphatic hydroxyl groups is 13. The van der Waals surface area contributed by atoms with Gasteiger partial charge in [0.2, 0.25) is 0 Å². The Hall–Kier alpha value is -0.520. The van der Waals surface area contributed by atoms with Gasteiger partial charge in [0.1, 0.15) is 0 Å². The Balaban J connectivity index is -0.00000000640. The molecule has 0 saturated carbocycles. The van der Waals surface area contributed by atoms with E-state index in [9.17, 15) is 0 Å². The topological polar surface area (TPSA) is 263 Å². The third-order valence-corrected chi connectivity index (χ3v) is 0. The summed E-state index contributed by atoms with van der Waals surface area (Å²) in [5.41, 5.74) is 0. The molecule has 0 rings (SSSR count). The quantitative estimate of drug-likeness (QED) is 0.176. The van der Waals surface area contributed by atoms with Crippen LogP contribution in [0.25, 0.3) is 0 Å². The van der Waals surface area contributed by atoms with Gasteiger partial charge in [0.05, 0.1) is 0 Å². The maximum Gasteiger partial charge on any atom is 0.0319 e. The maximum atomic E-state index is 7.00. The number of hydrogen-bond acceptors (Lipinski definition) is 13. The van der Waals surface area contributed by atoms with Crippen molar-refractivity contribution >= 4 is 0 Å². The number of aliphatic hydroxyl groups excluding tert-OH is 13. The van der Waals surface area contributed by atoms with Crippen molar-refractivity contribution in [2.75, 3.05) is 92.4 Å². The normalized spacial score (nSPS) is 3.00. The van der Waals surface area contributed by atoms with Gasteiger partial charge >= 0.3 is 0 Å². The lowest BCUT2D eigenvalue weighted by atomic mass is 11.8. The molecular formula is C13H52O13. The SMILES string of the molecule is CO.CO.CO.CO.CO.CO.CO.CO.CO.CO.CO.CO.CO. The molecule has 0 aromatic heterocycles. The molecule has 182 valence electrons.